The van der Waals surface area contributed by atoms with Crippen molar-refractivity contribution in [2.75, 3.05) is 32.1 Å². The zero-order valence-electron chi connectivity index (χ0n) is 17.3. The van der Waals surface area contributed by atoms with E-state index < -0.39 is 0 Å². The van der Waals surface area contributed by atoms with Gasteiger partial charge < -0.3 is 10.2 Å². The summed E-state index contributed by atoms with van der Waals surface area (Å²) in [5.74, 6) is 0.0408. The van der Waals surface area contributed by atoms with Gasteiger partial charge in [-0.3, -0.25) is 9.69 Å². The minimum absolute atomic E-state index is 0.0408. The zero-order chi connectivity index (χ0) is 20.6. The summed E-state index contributed by atoms with van der Waals surface area (Å²) in [5.41, 5.74) is 3.49. The number of carbonyl (C=O) groups excluding carboxylic acids is 1. The number of nitrogens with zero attached hydrogens (tertiary/aromatic N) is 2. The van der Waals surface area contributed by atoms with Crippen LogP contribution in [-0.2, 0) is 11.3 Å². The second-order valence-electron chi connectivity index (χ2n) is 7.29. The van der Waals surface area contributed by atoms with Gasteiger partial charge in [-0.25, -0.2) is 0 Å². The van der Waals surface area contributed by atoms with Gasteiger partial charge >= 0.3 is 0 Å². The first-order chi connectivity index (χ1) is 14.1. The molecule has 0 unspecified atom stereocenters. The van der Waals surface area contributed by atoms with E-state index >= 15 is 0 Å². The molecule has 0 saturated heterocycles. The van der Waals surface area contributed by atoms with Gasteiger partial charge in [0.15, 0.2) is 0 Å². The largest absolute Gasteiger partial charge is 0.378 e. The van der Waals surface area contributed by atoms with Crippen LogP contribution in [0.1, 0.15) is 29.0 Å². The number of nitrogens with one attached hydrogen (secondary N) is 1. The van der Waals surface area contributed by atoms with Crippen molar-refractivity contribution < 1.29 is 4.79 Å². The molecule has 0 aliphatic heterocycles. The molecule has 0 spiro atoms. The molecule has 29 heavy (non-hydrogen) atoms. The molecule has 1 aromatic heterocycles. The molecule has 1 atom stereocenters. The molecule has 1 heterocycles. The summed E-state index contributed by atoms with van der Waals surface area (Å²) < 4.78 is 0. The van der Waals surface area contributed by atoms with E-state index in [1.54, 1.807) is 11.3 Å². The smallest absolute Gasteiger partial charge is 0.234 e. The SMILES string of the molecule is CCN(CC(=O)N[C@@H](c1ccccc1)c1cccs1)Cc1ccc(N(C)C)cc1. The summed E-state index contributed by atoms with van der Waals surface area (Å²) in [6, 6.07) is 22.6. The molecule has 5 heteroatoms. The number of anilines is 1. The van der Waals surface area contributed by atoms with Crippen LogP contribution < -0.4 is 10.2 Å². The van der Waals surface area contributed by atoms with Crippen molar-refractivity contribution >= 4 is 22.9 Å². The highest BCUT2D eigenvalue weighted by Crippen LogP contribution is 2.26. The molecule has 0 saturated carbocycles. The Morgan fingerprint density at radius 3 is 2.31 bits per heavy atom. The van der Waals surface area contributed by atoms with Crippen molar-refractivity contribution in [3.8, 4) is 0 Å². The van der Waals surface area contributed by atoms with Crippen molar-refractivity contribution in [3.63, 3.8) is 0 Å². The molecule has 3 aromatic rings. The second kappa shape index (κ2) is 10.2. The molecule has 0 bridgehead atoms. The van der Waals surface area contributed by atoms with Gasteiger partial charge in [-0.2, -0.15) is 0 Å². The molecule has 3 rings (SSSR count). The molecule has 0 aliphatic rings. The van der Waals surface area contributed by atoms with E-state index in [1.165, 1.54) is 11.3 Å². The fraction of sp³-hybridized carbons (Fsp3) is 0.292. The lowest BCUT2D eigenvalue weighted by Gasteiger charge is -2.23. The van der Waals surface area contributed by atoms with E-state index in [0.717, 1.165) is 23.5 Å². The van der Waals surface area contributed by atoms with Crippen LogP contribution in [0.4, 0.5) is 5.69 Å². The summed E-state index contributed by atoms with van der Waals surface area (Å²) >= 11 is 1.67. The Morgan fingerprint density at radius 1 is 1.00 bits per heavy atom. The minimum atomic E-state index is -0.109. The quantitative estimate of drug-likeness (QED) is 0.566. The Labute approximate surface area is 177 Å². The molecule has 0 fully saturated rings. The predicted molar refractivity (Wildman–Crippen MR) is 122 cm³/mol. The lowest BCUT2D eigenvalue weighted by Crippen LogP contribution is -2.38. The third-order valence-corrected chi connectivity index (χ3v) is 5.88. The molecular formula is C24H29N3OS. The molecule has 2 aromatic carbocycles. The molecule has 152 valence electrons. The Balaban J connectivity index is 1.65. The zero-order valence-corrected chi connectivity index (χ0v) is 18.2. The Hall–Kier alpha value is -2.63. The number of hydrogen-bond donors (Lipinski definition) is 1. The van der Waals surface area contributed by atoms with Crippen LogP contribution in [0.25, 0.3) is 0 Å². The third kappa shape index (κ3) is 5.92. The second-order valence-corrected chi connectivity index (χ2v) is 8.27. The molecule has 0 aliphatic carbocycles. The molecular weight excluding hydrogens is 378 g/mol. The van der Waals surface area contributed by atoms with Gasteiger partial charge in [-0.15, -0.1) is 11.3 Å². The number of amides is 1. The molecule has 4 nitrogen and oxygen atoms in total. The maximum absolute atomic E-state index is 12.9. The van der Waals surface area contributed by atoms with Crippen LogP contribution in [0, 0.1) is 0 Å². The van der Waals surface area contributed by atoms with Crippen LogP contribution in [0.3, 0.4) is 0 Å². The van der Waals surface area contributed by atoms with Crippen LogP contribution in [0.5, 0.6) is 0 Å². The van der Waals surface area contributed by atoms with Crippen LogP contribution >= 0.6 is 11.3 Å². The third-order valence-electron chi connectivity index (χ3n) is 4.94. The van der Waals surface area contributed by atoms with Crippen LogP contribution in [0.2, 0.25) is 0 Å². The number of likely N-dealkylation sites (N-methyl/N-ethyl adjacent to an activating group) is 1. The number of benzene rings is 2. The van der Waals surface area contributed by atoms with Crippen LogP contribution in [0.15, 0.2) is 72.1 Å². The lowest BCUT2D eigenvalue weighted by molar-refractivity contribution is -0.122. The van der Waals surface area contributed by atoms with E-state index in [9.17, 15) is 4.79 Å². The number of thiophene rings is 1. The van der Waals surface area contributed by atoms with Gasteiger partial charge in [0.25, 0.3) is 0 Å². The molecule has 1 amide bonds. The van der Waals surface area contributed by atoms with E-state index in [0.29, 0.717) is 6.54 Å². The first-order valence-electron chi connectivity index (χ1n) is 9.93. The predicted octanol–water partition coefficient (Wildman–Crippen LogP) is 4.54. The maximum atomic E-state index is 12.9. The van der Waals surface area contributed by atoms with Crippen molar-refractivity contribution in [2.24, 2.45) is 0 Å². The number of hydrogen-bond acceptors (Lipinski definition) is 4. The molecule has 1 N–H and O–H groups in total. The van der Waals surface area contributed by atoms with Gasteiger partial charge in [-0.1, -0.05) is 55.5 Å². The van der Waals surface area contributed by atoms with Crippen molar-refractivity contribution in [1.29, 1.82) is 0 Å². The fourth-order valence-electron chi connectivity index (χ4n) is 3.27. The van der Waals surface area contributed by atoms with E-state index in [1.807, 2.05) is 43.7 Å². The highest BCUT2D eigenvalue weighted by atomic mass is 32.1. The van der Waals surface area contributed by atoms with E-state index in [4.69, 9.17) is 0 Å². The van der Waals surface area contributed by atoms with Gasteiger partial charge in [0.2, 0.25) is 5.91 Å². The topological polar surface area (TPSA) is 35.6 Å². The standard InChI is InChI=1S/C24H29N3OS/c1-4-27(17-19-12-14-21(15-13-19)26(2)3)18-23(28)25-24(22-11-8-16-29-22)20-9-6-5-7-10-20/h5-16,24H,4,17-18H2,1-3H3,(H,25,28)/t24-/m0/s1. The first kappa shape index (κ1) is 21.1. The lowest BCUT2D eigenvalue weighted by atomic mass is 10.1. The summed E-state index contributed by atoms with van der Waals surface area (Å²) in [6.07, 6.45) is 0. The van der Waals surface area contributed by atoms with Gasteiger partial charge in [0.1, 0.15) is 0 Å². The van der Waals surface area contributed by atoms with Crippen molar-refractivity contribution in [2.45, 2.75) is 19.5 Å². The van der Waals surface area contributed by atoms with Crippen LogP contribution in [-0.4, -0.2) is 38.0 Å². The average Bonchev–Trinajstić information content (AvgIpc) is 3.27. The Morgan fingerprint density at radius 2 is 1.72 bits per heavy atom. The van der Waals surface area contributed by atoms with Gasteiger partial charge in [-0.05, 0) is 41.3 Å². The van der Waals surface area contributed by atoms with Gasteiger partial charge in [0.05, 0.1) is 12.6 Å². The highest BCUT2D eigenvalue weighted by molar-refractivity contribution is 7.10. The number of rotatable bonds is 9. The Kier molecular flexibility index (Phi) is 7.44. The minimum Gasteiger partial charge on any atom is -0.378 e. The molecule has 0 radical (unpaired) electrons. The highest BCUT2D eigenvalue weighted by Gasteiger charge is 2.19. The van der Waals surface area contributed by atoms with E-state index in [-0.39, 0.29) is 11.9 Å². The number of carbonyl (C=O) groups is 1. The summed E-state index contributed by atoms with van der Waals surface area (Å²) in [6.45, 7) is 4.04. The summed E-state index contributed by atoms with van der Waals surface area (Å²) in [5, 5.41) is 5.28. The summed E-state index contributed by atoms with van der Waals surface area (Å²) in [4.78, 5) is 18.3. The van der Waals surface area contributed by atoms with Gasteiger partial charge in [0, 0.05) is 31.2 Å². The normalized spacial score (nSPS) is 12.0. The fourth-order valence-corrected chi connectivity index (χ4v) is 4.07. The van der Waals surface area contributed by atoms with E-state index in [2.05, 4.69) is 64.5 Å². The van der Waals surface area contributed by atoms with Crippen molar-refractivity contribution in [1.82, 2.24) is 10.2 Å². The monoisotopic (exact) mass is 407 g/mol. The maximum Gasteiger partial charge on any atom is 0.234 e. The van der Waals surface area contributed by atoms with Crippen molar-refractivity contribution in [3.05, 3.63) is 88.1 Å². The average molecular weight is 408 g/mol. The first-order valence-corrected chi connectivity index (χ1v) is 10.8. The summed E-state index contributed by atoms with van der Waals surface area (Å²) in [7, 11) is 4.07. The Bertz CT molecular complexity index is 876.